The van der Waals surface area contributed by atoms with Crippen LogP contribution in [0, 0.1) is 5.82 Å². The Morgan fingerprint density at radius 1 is 1.09 bits per heavy atom. The van der Waals surface area contributed by atoms with E-state index in [1.54, 1.807) is 30.7 Å². The number of aryl methyl sites for hydroxylation is 1. The monoisotopic (exact) mass is 465 g/mol. The van der Waals surface area contributed by atoms with Gasteiger partial charge >= 0.3 is 0 Å². The van der Waals surface area contributed by atoms with E-state index in [4.69, 9.17) is 9.47 Å². The van der Waals surface area contributed by atoms with E-state index >= 15 is 0 Å². The van der Waals surface area contributed by atoms with Gasteiger partial charge in [0.05, 0.1) is 32.2 Å². The van der Waals surface area contributed by atoms with Crippen molar-refractivity contribution < 1.29 is 28.6 Å². The summed E-state index contributed by atoms with van der Waals surface area (Å²) in [5.41, 5.74) is 0.628. The van der Waals surface area contributed by atoms with Crippen molar-refractivity contribution >= 4 is 17.4 Å². The molecule has 34 heavy (non-hydrogen) atoms. The zero-order valence-electron chi connectivity index (χ0n) is 18.8. The highest BCUT2D eigenvalue weighted by Gasteiger charge is 2.47. The van der Waals surface area contributed by atoms with Crippen molar-refractivity contribution in [2.24, 2.45) is 0 Å². The molecule has 1 amide bonds. The maximum absolute atomic E-state index is 13.4. The first-order chi connectivity index (χ1) is 16.5. The third-order valence-corrected chi connectivity index (χ3v) is 5.76. The van der Waals surface area contributed by atoms with Crippen molar-refractivity contribution in [1.29, 1.82) is 0 Å². The number of carbonyl (C=O) groups excluding carboxylic acids is 2. The molecule has 8 nitrogen and oxygen atoms in total. The first kappa shape index (κ1) is 23.0. The van der Waals surface area contributed by atoms with Crippen molar-refractivity contribution in [2.75, 3.05) is 20.8 Å². The van der Waals surface area contributed by atoms with Gasteiger partial charge in [0, 0.05) is 36.6 Å². The molecule has 9 heteroatoms. The Labute approximate surface area is 195 Å². The Kier molecular flexibility index (Phi) is 6.62. The average molecular weight is 465 g/mol. The van der Waals surface area contributed by atoms with Gasteiger partial charge in [0.2, 0.25) is 0 Å². The summed E-state index contributed by atoms with van der Waals surface area (Å²) < 4.78 is 26.3. The van der Waals surface area contributed by atoms with Crippen LogP contribution < -0.4 is 9.47 Å². The fourth-order valence-electron chi connectivity index (χ4n) is 4.17. The fourth-order valence-corrected chi connectivity index (χ4v) is 4.17. The number of likely N-dealkylation sites (tertiary alicyclic amines) is 1. The molecule has 3 aromatic rings. The van der Waals surface area contributed by atoms with Crippen LogP contribution in [-0.2, 0) is 16.1 Å². The van der Waals surface area contributed by atoms with Gasteiger partial charge in [-0.2, -0.15) is 0 Å². The molecule has 0 unspecified atom stereocenters. The third-order valence-electron chi connectivity index (χ3n) is 5.76. The van der Waals surface area contributed by atoms with Crippen LogP contribution in [0.25, 0.3) is 5.76 Å². The molecule has 1 aliphatic rings. The quantitative estimate of drug-likeness (QED) is 0.311. The van der Waals surface area contributed by atoms with Gasteiger partial charge in [-0.1, -0.05) is 12.1 Å². The smallest absolute Gasteiger partial charge is 0.295 e. The lowest BCUT2D eigenvalue weighted by molar-refractivity contribution is -0.140. The summed E-state index contributed by atoms with van der Waals surface area (Å²) in [6, 6.07) is 9.30. The summed E-state index contributed by atoms with van der Waals surface area (Å²) in [7, 11) is 2.95. The molecule has 2 heterocycles. The van der Waals surface area contributed by atoms with Gasteiger partial charge in [-0.15, -0.1) is 0 Å². The summed E-state index contributed by atoms with van der Waals surface area (Å²) in [5.74, 6) is -1.65. The Morgan fingerprint density at radius 2 is 1.85 bits per heavy atom. The van der Waals surface area contributed by atoms with E-state index in [0.717, 1.165) is 0 Å². The second kappa shape index (κ2) is 9.78. The average Bonchev–Trinajstić information content (AvgIpc) is 3.45. The number of hydrogen-bond donors (Lipinski definition) is 1. The Bertz CT molecular complexity index is 1220. The van der Waals surface area contributed by atoms with E-state index in [2.05, 4.69) is 4.98 Å². The summed E-state index contributed by atoms with van der Waals surface area (Å²) >= 11 is 0. The number of ketones is 1. The number of carbonyl (C=O) groups is 2. The number of methoxy groups -OCH3 is 2. The molecule has 0 aliphatic carbocycles. The number of rotatable bonds is 8. The van der Waals surface area contributed by atoms with Crippen LogP contribution >= 0.6 is 0 Å². The molecule has 1 atom stereocenters. The lowest BCUT2D eigenvalue weighted by Gasteiger charge is -2.27. The van der Waals surface area contributed by atoms with Crippen molar-refractivity contribution in [1.82, 2.24) is 14.5 Å². The molecule has 0 spiro atoms. The molecule has 1 fully saturated rings. The summed E-state index contributed by atoms with van der Waals surface area (Å²) in [4.78, 5) is 31.7. The molecule has 1 saturated heterocycles. The van der Waals surface area contributed by atoms with Crippen LogP contribution in [-0.4, -0.2) is 52.0 Å². The van der Waals surface area contributed by atoms with E-state index in [0.29, 0.717) is 30.0 Å². The minimum Gasteiger partial charge on any atom is -0.507 e. The van der Waals surface area contributed by atoms with E-state index in [-0.39, 0.29) is 23.4 Å². The van der Waals surface area contributed by atoms with Crippen molar-refractivity contribution in [3.05, 3.63) is 83.7 Å². The number of imidazole rings is 1. The van der Waals surface area contributed by atoms with Gasteiger partial charge in [0.1, 0.15) is 11.6 Å². The number of amides is 1. The van der Waals surface area contributed by atoms with Crippen molar-refractivity contribution in [2.45, 2.75) is 19.0 Å². The van der Waals surface area contributed by atoms with Gasteiger partial charge in [0.15, 0.2) is 11.5 Å². The number of Topliss-reactive ketones (excluding diaryl/α,β-unsaturated/α-hetero) is 1. The second-order valence-corrected chi connectivity index (χ2v) is 7.74. The number of ether oxygens (including phenoxy) is 2. The summed E-state index contributed by atoms with van der Waals surface area (Å²) in [5, 5.41) is 11.1. The van der Waals surface area contributed by atoms with Crippen LogP contribution in [0.4, 0.5) is 4.39 Å². The molecule has 1 aliphatic heterocycles. The molecule has 0 saturated carbocycles. The van der Waals surface area contributed by atoms with Gasteiger partial charge in [0.25, 0.3) is 11.7 Å². The van der Waals surface area contributed by atoms with Crippen LogP contribution in [0.2, 0.25) is 0 Å². The first-order valence-corrected chi connectivity index (χ1v) is 10.7. The summed E-state index contributed by atoms with van der Waals surface area (Å²) in [6.07, 6.45) is 5.69. The molecule has 1 aromatic heterocycles. The molecule has 4 rings (SSSR count). The van der Waals surface area contributed by atoms with Gasteiger partial charge in [-0.05, 0) is 36.8 Å². The molecule has 0 bridgehead atoms. The number of nitrogens with zero attached hydrogens (tertiary/aromatic N) is 3. The largest absolute Gasteiger partial charge is 0.507 e. The van der Waals surface area contributed by atoms with Gasteiger partial charge in [-0.3, -0.25) is 9.59 Å². The number of aliphatic hydroxyl groups excluding tert-OH is 1. The SMILES string of the molecule is COc1cccc([C@@H]2C(=C(O)c3ccc(F)cc3)C(=O)C(=O)N2CCCn2ccnc2)c1OC. The molecular weight excluding hydrogens is 441 g/mol. The molecule has 1 N–H and O–H groups in total. The van der Waals surface area contributed by atoms with E-state index in [1.165, 1.54) is 43.4 Å². The molecule has 0 radical (unpaired) electrons. The van der Waals surface area contributed by atoms with Gasteiger partial charge < -0.3 is 24.0 Å². The van der Waals surface area contributed by atoms with E-state index in [9.17, 15) is 19.1 Å². The number of hydrogen-bond acceptors (Lipinski definition) is 6. The third kappa shape index (κ3) is 4.24. The number of benzene rings is 2. The maximum atomic E-state index is 13.4. The Balaban J connectivity index is 1.81. The lowest BCUT2D eigenvalue weighted by atomic mass is 9.94. The van der Waals surface area contributed by atoms with Gasteiger partial charge in [-0.25, -0.2) is 9.37 Å². The van der Waals surface area contributed by atoms with Crippen LogP contribution in [0.5, 0.6) is 11.5 Å². The zero-order valence-corrected chi connectivity index (χ0v) is 18.8. The van der Waals surface area contributed by atoms with E-state index in [1.807, 2.05) is 10.8 Å². The number of aliphatic hydroxyl groups is 1. The zero-order chi connectivity index (χ0) is 24.2. The van der Waals surface area contributed by atoms with Crippen LogP contribution in [0.1, 0.15) is 23.6 Å². The number of halogens is 1. The van der Waals surface area contributed by atoms with Crippen molar-refractivity contribution in [3.63, 3.8) is 0 Å². The highest BCUT2D eigenvalue weighted by Crippen LogP contribution is 2.45. The first-order valence-electron chi connectivity index (χ1n) is 10.7. The number of para-hydroxylation sites is 1. The van der Waals surface area contributed by atoms with Crippen molar-refractivity contribution in [3.8, 4) is 11.5 Å². The van der Waals surface area contributed by atoms with E-state index < -0.39 is 23.5 Å². The highest BCUT2D eigenvalue weighted by molar-refractivity contribution is 6.46. The van der Waals surface area contributed by atoms with Crippen LogP contribution in [0.3, 0.4) is 0 Å². The fraction of sp³-hybridized carbons (Fsp3) is 0.240. The minimum absolute atomic E-state index is 0.0919. The topological polar surface area (TPSA) is 93.9 Å². The van der Waals surface area contributed by atoms with Crippen LogP contribution in [0.15, 0.2) is 66.8 Å². The Hall–Kier alpha value is -4.14. The minimum atomic E-state index is -0.919. The maximum Gasteiger partial charge on any atom is 0.295 e. The Morgan fingerprint density at radius 3 is 2.50 bits per heavy atom. The molecular formula is C25H24FN3O5. The highest BCUT2D eigenvalue weighted by atomic mass is 19.1. The standard InChI is InChI=1S/C25H24FN3O5/c1-33-19-6-3-5-18(24(19)34-2)21-20(22(30)16-7-9-17(26)10-8-16)23(31)25(32)29(21)13-4-12-28-14-11-27-15-28/h3,5-11,14-15,21,30H,4,12-13H2,1-2H3/t21-/m1/s1. The molecule has 176 valence electrons. The normalized spacial score (nSPS) is 17.3. The lowest BCUT2D eigenvalue weighted by Crippen LogP contribution is -2.31. The second-order valence-electron chi connectivity index (χ2n) is 7.74. The number of aromatic nitrogens is 2. The predicted molar refractivity (Wildman–Crippen MR) is 122 cm³/mol. The molecule has 2 aromatic carbocycles. The summed E-state index contributed by atoms with van der Waals surface area (Å²) in [6.45, 7) is 0.830. The predicted octanol–water partition coefficient (Wildman–Crippen LogP) is 3.55.